The number of hydrogen-bond donors (Lipinski definition) is 4. The third kappa shape index (κ3) is 4.04. The molecular weight excluding hydrogens is 397 g/mol. The zero-order valence-corrected chi connectivity index (χ0v) is 17.9. The summed E-state index contributed by atoms with van der Waals surface area (Å²) < 4.78 is 13.7. The molecule has 1 amide bonds. The molecule has 0 radical (unpaired) electrons. The number of alkyl halides is 1. The van der Waals surface area contributed by atoms with E-state index in [2.05, 4.69) is 33.4 Å². The van der Waals surface area contributed by atoms with Gasteiger partial charge >= 0.3 is 0 Å². The van der Waals surface area contributed by atoms with Gasteiger partial charge in [-0.15, -0.1) is 0 Å². The normalized spacial score (nSPS) is 31.1. The third-order valence-electron chi connectivity index (χ3n) is 6.68. The van der Waals surface area contributed by atoms with Crippen molar-refractivity contribution in [2.75, 3.05) is 10.6 Å². The van der Waals surface area contributed by atoms with Crippen molar-refractivity contribution in [1.29, 1.82) is 0 Å². The highest BCUT2D eigenvalue weighted by atomic mass is 19.1. The lowest BCUT2D eigenvalue weighted by atomic mass is 9.96. The largest absolute Gasteiger partial charge is 0.367 e. The van der Waals surface area contributed by atoms with Crippen LogP contribution < -0.4 is 21.5 Å². The molecule has 3 saturated heterocycles. The van der Waals surface area contributed by atoms with Gasteiger partial charge in [-0.2, -0.15) is 0 Å². The topological polar surface area (TPSA) is 94.2 Å². The van der Waals surface area contributed by atoms with Crippen LogP contribution in [-0.4, -0.2) is 57.3 Å². The number of amides is 1. The number of hydrogen-bond acceptors (Lipinski definition) is 7. The number of nitrogens with one attached hydrogen (secondary N) is 4. The Bertz CT molecular complexity index is 956. The van der Waals surface area contributed by atoms with E-state index in [1.165, 1.54) is 6.92 Å². The summed E-state index contributed by atoms with van der Waals surface area (Å²) >= 11 is 0. The Labute approximate surface area is 181 Å². The highest BCUT2D eigenvalue weighted by Gasteiger charge is 2.44. The number of anilines is 2. The maximum absolute atomic E-state index is 13.7. The Morgan fingerprint density at radius 1 is 1.23 bits per heavy atom. The summed E-state index contributed by atoms with van der Waals surface area (Å²) in [6, 6.07) is 6.69. The number of pyridine rings is 2. The number of hydrazine groups is 1. The van der Waals surface area contributed by atoms with Gasteiger partial charge in [0.05, 0.1) is 11.7 Å². The van der Waals surface area contributed by atoms with Gasteiger partial charge in [0, 0.05) is 41.8 Å². The molecule has 5 heterocycles. The Balaban J connectivity index is 1.36. The number of aromatic nitrogens is 2. The second kappa shape index (κ2) is 8.20. The average molecular weight is 428 g/mol. The van der Waals surface area contributed by atoms with Gasteiger partial charge in [0.1, 0.15) is 11.6 Å². The van der Waals surface area contributed by atoms with Crippen molar-refractivity contribution >= 4 is 28.4 Å². The Hall–Kier alpha value is -2.52. The van der Waals surface area contributed by atoms with E-state index in [1.807, 2.05) is 18.2 Å². The first-order valence-corrected chi connectivity index (χ1v) is 11.2. The van der Waals surface area contributed by atoms with E-state index in [0.717, 1.165) is 54.6 Å². The lowest BCUT2D eigenvalue weighted by Gasteiger charge is -2.39. The van der Waals surface area contributed by atoms with Crippen LogP contribution in [-0.2, 0) is 4.79 Å². The molecular formula is C22H30FN7O. The SMILES string of the molecule is CC1CC(Nc2cc3ncccc3c(NC3C[C@H]4CC[C@@H](C3)N4C(=O)C(C)F)n2)NN1. The zero-order valence-electron chi connectivity index (χ0n) is 17.9. The van der Waals surface area contributed by atoms with E-state index < -0.39 is 6.17 Å². The Kier molecular flexibility index (Phi) is 5.39. The molecule has 2 bridgehead atoms. The fraction of sp³-hybridized carbons (Fsp3) is 0.591. The standard InChI is InChI=1S/C22H30FN7O/c1-12-8-20(29-28-12)26-19-11-18-17(4-3-7-24-18)21(27-19)25-14-9-15-5-6-16(10-14)30(15)22(31)13(2)23/h3-4,7,11-16,20,28-29H,5-6,8-10H2,1-2H3,(H2,25,26,27)/t12?,13?,14?,15-,16+,20?. The highest BCUT2D eigenvalue weighted by molar-refractivity contribution is 5.91. The first-order chi connectivity index (χ1) is 15.0. The van der Waals surface area contributed by atoms with E-state index in [-0.39, 0.29) is 30.2 Å². The van der Waals surface area contributed by atoms with E-state index >= 15 is 0 Å². The first-order valence-electron chi connectivity index (χ1n) is 11.2. The van der Waals surface area contributed by atoms with Crippen LogP contribution in [0.25, 0.3) is 10.9 Å². The summed E-state index contributed by atoms with van der Waals surface area (Å²) in [7, 11) is 0. The van der Waals surface area contributed by atoms with Gasteiger partial charge < -0.3 is 15.5 Å². The Morgan fingerprint density at radius 3 is 2.68 bits per heavy atom. The lowest BCUT2D eigenvalue weighted by molar-refractivity contribution is -0.140. The third-order valence-corrected chi connectivity index (χ3v) is 6.68. The number of carbonyl (C=O) groups excluding carboxylic acids is 1. The maximum Gasteiger partial charge on any atom is 0.257 e. The zero-order chi connectivity index (χ0) is 21.5. The molecule has 0 saturated carbocycles. The summed E-state index contributed by atoms with van der Waals surface area (Å²) in [4.78, 5) is 23.5. The summed E-state index contributed by atoms with van der Waals surface area (Å²) in [5.74, 6) is 1.20. The van der Waals surface area contributed by atoms with Crippen LogP contribution in [0, 0.1) is 0 Å². The molecule has 3 aliphatic rings. The van der Waals surface area contributed by atoms with Crippen molar-refractivity contribution in [2.24, 2.45) is 0 Å². The van der Waals surface area contributed by atoms with Gasteiger partial charge in [0.2, 0.25) is 0 Å². The van der Waals surface area contributed by atoms with Crippen LogP contribution in [0.5, 0.6) is 0 Å². The van der Waals surface area contributed by atoms with Gasteiger partial charge in [-0.1, -0.05) is 0 Å². The number of fused-ring (bicyclic) bond motifs is 3. The number of carbonyl (C=O) groups is 1. The number of nitrogens with zero attached hydrogens (tertiary/aromatic N) is 3. The molecule has 4 unspecified atom stereocenters. The Morgan fingerprint density at radius 2 is 2.00 bits per heavy atom. The van der Waals surface area contributed by atoms with Gasteiger partial charge in [-0.25, -0.2) is 14.8 Å². The minimum absolute atomic E-state index is 0.0999. The average Bonchev–Trinajstić information content (AvgIpc) is 3.27. The second-order valence-electron chi connectivity index (χ2n) is 9.11. The van der Waals surface area contributed by atoms with Crippen molar-refractivity contribution in [3.8, 4) is 0 Å². The van der Waals surface area contributed by atoms with Crippen LogP contribution in [0.1, 0.15) is 46.0 Å². The number of rotatable bonds is 5. The summed E-state index contributed by atoms with van der Waals surface area (Å²) in [5, 5.41) is 8.05. The van der Waals surface area contributed by atoms with Gasteiger partial charge in [-0.05, 0) is 58.1 Å². The van der Waals surface area contributed by atoms with Crippen molar-refractivity contribution < 1.29 is 9.18 Å². The fourth-order valence-corrected chi connectivity index (χ4v) is 5.30. The molecule has 9 heteroatoms. The minimum Gasteiger partial charge on any atom is -0.367 e. The molecule has 3 fully saturated rings. The van der Waals surface area contributed by atoms with Crippen LogP contribution >= 0.6 is 0 Å². The molecule has 0 aliphatic carbocycles. The minimum atomic E-state index is -1.44. The maximum atomic E-state index is 13.7. The van der Waals surface area contributed by atoms with Crippen molar-refractivity contribution in [3.05, 3.63) is 24.4 Å². The van der Waals surface area contributed by atoms with Crippen molar-refractivity contribution in [3.63, 3.8) is 0 Å². The molecule has 0 aromatic carbocycles. The van der Waals surface area contributed by atoms with E-state index in [0.29, 0.717) is 6.04 Å². The highest BCUT2D eigenvalue weighted by Crippen LogP contribution is 2.38. The molecule has 0 spiro atoms. The molecule has 31 heavy (non-hydrogen) atoms. The van der Waals surface area contributed by atoms with Gasteiger partial charge in [0.15, 0.2) is 6.17 Å². The lowest BCUT2D eigenvalue weighted by Crippen LogP contribution is -2.51. The van der Waals surface area contributed by atoms with Crippen molar-refractivity contribution in [2.45, 2.75) is 82.5 Å². The van der Waals surface area contributed by atoms with Gasteiger partial charge in [-0.3, -0.25) is 15.2 Å². The summed E-state index contributed by atoms with van der Waals surface area (Å²) in [5.41, 5.74) is 7.33. The summed E-state index contributed by atoms with van der Waals surface area (Å²) in [6.07, 6.45) is 4.90. The first kappa shape index (κ1) is 20.4. The molecule has 5 rings (SSSR count). The number of piperidine rings is 1. The van der Waals surface area contributed by atoms with Crippen LogP contribution in [0.15, 0.2) is 24.4 Å². The fourth-order valence-electron chi connectivity index (χ4n) is 5.30. The summed E-state index contributed by atoms with van der Waals surface area (Å²) in [6.45, 7) is 3.47. The second-order valence-corrected chi connectivity index (χ2v) is 9.11. The van der Waals surface area contributed by atoms with Crippen LogP contribution in [0.2, 0.25) is 0 Å². The molecule has 6 atom stereocenters. The molecule has 2 aromatic heterocycles. The molecule has 4 N–H and O–H groups in total. The molecule has 166 valence electrons. The number of halogens is 1. The van der Waals surface area contributed by atoms with Crippen LogP contribution in [0.3, 0.4) is 0 Å². The predicted octanol–water partition coefficient (Wildman–Crippen LogP) is 2.55. The van der Waals surface area contributed by atoms with E-state index in [1.54, 1.807) is 11.1 Å². The van der Waals surface area contributed by atoms with Crippen molar-refractivity contribution in [1.82, 2.24) is 25.7 Å². The van der Waals surface area contributed by atoms with Gasteiger partial charge in [0.25, 0.3) is 5.91 Å². The van der Waals surface area contributed by atoms with Crippen LogP contribution in [0.4, 0.5) is 16.0 Å². The molecule has 3 aliphatic heterocycles. The predicted molar refractivity (Wildman–Crippen MR) is 118 cm³/mol. The molecule has 2 aromatic rings. The monoisotopic (exact) mass is 427 g/mol. The molecule has 8 nitrogen and oxygen atoms in total. The van der Waals surface area contributed by atoms with E-state index in [4.69, 9.17) is 4.98 Å². The smallest absolute Gasteiger partial charge is 0.257 e. The van der Waals surface area contributed by atoms with E-state index in [9.17, 15) is 9.18 Å². The quantitative estimate of drug-likeness (QED) is 0.583.